The average molecular weight is 273 g/mol. The lowest BCUT2D eigenvalue weighted by Crippen LogP contribution is -2.38. The molecule has 0 spiro atoms. The van der Waals surface area contributed by atoms with Crippen LogP contribution < -0.4 is 16.6 Å². The second-order valence-electron chi connectivity index (χ2n) is 4.78. The summed E-state index contributed by atoms with van der Waals surface area (Å²) in [6, 6.07) is 8.00. The molecule has 0 saturated carbocycles. The Hall–Kier alpha value is -2.30. The zero-order chi connectivity index (χ0) is 14.7. The Morgan fingerprint density at radius 3 is 2.50 bits per heavy atom. The number of para-hydroxylation sites is 1. The lowest BCUT2D eigenvalue weighted by Gasteiger charge is -2.11. The molecule has 0 aliphatic carbocycles. The maximum atomic E-state index is 12.0. The number of hydrogen-bond acceptors (Lipinski definition) is 3. The largest absolute Gasteiger partial charge is 0.380 e. The van der Waals surface area contributed by atoms with E-state index in [1.807, 2.05) is 18.2 Å². The van der Waals surface area contributed by atoms with Gasteiger partial charge in [-0.2, -0.15) is 0 Å². The van der Waals surface area contributed by atoms with Gasteiger partial charge < -0.3 is 9.88 Å². The molecule has 0 fully saturated rings. The molecule has 0 aliphatic rings. The van der Waals surface area contributed by atoms with Gasteiger partial charge in [-0.25, -0.2) is 4.79 Å². The molecular weight excluding hydrogens is 254 g/mol. The number of hydrogen-bond donors (Lipinski definition) is 1. The maximum absolute atomic E-state index is 12.0. The molecule has 0 aliphatic heterocycles. The van der Waals surface area contributed by atoms with E-state index < -0.39 is 0 Å². The Morgan fingerprint density at radius 2 is 1.80 bits per heavy atom. The molecule has 1 heterocycles. The van der Waals surface area contributed by atoms with Gasteiger partial charge >= 0.3 is 5.69 Å². The van der Waals surface area contributed by atoms with Gasteiger partial charge in [0.1, 0.15) is 0 Å². The van der Waals surface area contributed by atoms with Crippen LogP contribution in [0.4, 0.5) is 5.69 Å². The molecule has 0 saturated heterocycles. The quantitative estimate of drug-likeness (QED) is 0.912. The van der Waals surface area contributed by atoms with Crippen LogP contribution in [0.25, 0.3) is 0 Å². The summed E-state index contributed by atoms with van der Waals surface area (Å²) in [6.07, 6.45) is 2.51. The third-order valence-electron chi connectivity index (χ3n) is 3.39. The molecule has 0 atom stereocenters. The van der Waals surface area contributed by atoms with Crippen molar-refractivity contribution in [2.75, 3.05) is 5.32 Å². The van der Waals surface area contributed by atoms with Crippen LogP contribution in [0.2, 0.25) is 0 Å². The highest BCUT2D eigenvalue weighted by atomic mass is 16.2. The Kier molecular flexibility index (Phi) is 4.08. The van der Waals surface area contributed by atoms with Gasteiger partial charge in [0, 0.05) is 32.5 Å². The second kappa shape index (κ2) is 5.77. The first-order chi connectivity index (χ1) is 9.54. The number of nitrogens with zero attached hydrogens (tertiary/aromatic N) is 2. The summed E-state index contributed by atoms with van der Waals surface area (Å²) in [5.41, 5.74) is 2.22. The first kappa shape index (κ1) is 14.1. The molecule has 1 aromatic heterocycles. The second-order valence-corrected chi connectivity index (χ2v) is 4.78. The van der Waals surface area contributed by atoms with E-state index in [9.17, 15) is 9.59 Å². The van der Waals surface area contributed by atoms with Gasteiger partial charge in [0.25, 0.3) is 5.56 Å². The highest BCUT2D eigenvalue weighted by Gasteiger charge is 2.07. The molecule has 0 unspecified atom stereocenters. The van der Waals surface area contributed by atoms with Crippen molar-refractivity contribution in [3.05, 3.63) is 62.4 Å². The maximum Gasteiger partial charge on any atom is 0.330 e. The summed E-state index contributed by atoms with van der Waals surface area (Å²) in [4.78, 5) is 23.6. The minimum absolute atomic E-state index is 0.255. The van der Waals surface area contributed by atoms with Crippen molar-refractivity contribution in [2.45, 2.75) is 19.9 Å². The van der Waals surface area contributed by atoms with Gasteiger partial charge in [0.15, 0.2) is 0 Å². The van der Waals surface area contributed by atoms with Crippen LogP contribution in [0, 0.1) is 0 Å². The summed E-state index contributed by atoms with van der Waals surface area (Å²) < 4.78 is 2.55. The third kappa shape index (κ3) is 2.66. The van der Waals surface area contributed by atoms with E-state index in [4.69, 9.17) is 0 Å². The van der Waals surface area contributed by atoms with Gasteiger partial charge in [-0.3, -0.25) is 9.36 Å². The SMILES string of the molecule is CCc1ccccc1NCc1cn(C)c(=O)n(C)c1=O. The number of aromatic nitrogens is 2. The number of aryl methyl sites for hydroxylation is 2. The first-order valence-electron chi connectivity index (χ1n) is 6.62. The molecule has 1 N–H and O–H groups in total. The van der Waals surface area contributed by atoms with E-state index in [1.165, 1.54) is 17.2 Å². The highest BCUT2D eigenvalue weighted by Crippen LogP contribution is 2.15. The summed E-state index contributed by atoms with van der Waals surface area (Å²) in [5, 5.41) is 3.27. The Balaban J connectivity index is 2.28. The van der Waals surface area contributed by atoms with Gasteiger partial charge in [-0.05, 0) is 18.1 Å². The standard InChI is InChI=1S/C15H19N3O2/c1-4-11-7-5-6-8-13(11)16-9-12-10-17(2)15(20)18(3)14(12)19/h5-8,10,16H,4,9H2,1-3H3. The van der Waals surface area contributed by atoms with Crippen molar-refractivity contribution in [1.82, 2.24) is 9.13 Å². The topological polar surface area (TPSA) is 56.0 Å². The van der Waals surface area contributed by atoms with Gasteiger partial charge in [-0.1, -0.05) is 25.1 Å². The Bertz CT molecular complexity index is 729. The van der Waals surface area contributed by atoms with Crippen LogP contribution in [0.5, 0.6) is 0 Å². The summed E-state index contributed by atoms with van der Waals surface area (Å²) in [5.74, 6) is 0. The van der Waals surface area contributed by atoms with Crippen molar-refractivity contribution in [3.63, 3.8) is 0 Å². The fraction of sp³-hybridized carbons (Fsp3) is 0.333. The van der Waals surface area contributed by atoms with E-state index >= 15 is 0 Å². The van der Waals surface area contributed by atoms with E-state index in [-0.39, 0.29) is 11.2 Å². The lowest BCUT2D eigenvalue weighted by atomic mass is 10.1. The van der Waals surface area contributed by atoms with Crippen LogP contribution in [-0.4, -0.2) is 9.13 Å². The fourth-order valence-electron chi connectivity index (χ4n) is 2.20. The average Bonchev–Trinajstić information content (AvgIpc) is 2.47. The van der Waals surface area contributed by atoms with Crippen molar-refractivity contribution in [2.24, 2.45) is 14.1 Å². The zero-order valence-corrected chi connectivity index (χ0v) is 12.0. The summed E-state index contributed by atoms with van der Waals surface area (Å²) in [7, 11) is 3.14. The lowest BCUT2D eigenvalue weighted by molar-refractivity contribution is 0.671. The van der Waals surface area contributed by atoms with E-state index in [0.717, 1.165) is 16.7 Å². The molecule has 20 heavy (non-hydrogen) atoms. The monoisotopic (exact) mass is 273 g/mol. The van der Waals surface area contributed by atoms with Crippen LogP contribution >= 0.6 is 0 Å². The predicted octanol–water partition coefficient (Wildman–Crippen LogP) is 1.26. The normalized spacial score (nSPS) is 10.6. The molecule has 1 aromatic carbocycles. The minimum Gasteiger partial charge on any atom is -0.380 e. The van der Waals surface area contributed by atoms with Crippen molar-refractivity contribution < 1.29 is 0 Å². The molecule has 5 heteroatoms. The molecule has 2 rings (SSSR count). The van der Waals surface area contributed by atoms with E-state index in [0.29, 0.717) is 12.1 Å². The van der Waals surface area contributed by atoms with Crippen LogP contribution in [0.1, 0.15) is 18.1 Å². The molecule has 106 valence electrons. The molecule has 0 bridgehead atoms. The number of benzene rings is 1. The van der Waals surface area contributed by atoms with Crippen LogP contribution in [0.3, 0.4) is 0 Å². The first-order valence-corrected chi connectivity index (χ1v) is 6.62. The number of anilines is 1. The summed E-state index contributed by atoms with van der Waals surface area (Å²) >= 11 is 0. The van der Waals surface area contributed by atoms with E-state index in [1.54, 1.807) is 13.2 Å². The number of rotatable bonds is 4. The fourth-order valence-corrected chi connectivity index (χ4v) is 2.20. The Labute approximate surface area is 117 Å². The molecule has 0 radical (unpaired) electrons. The molecule has 5 nitrogen and oxygen atoms in total. The molecular formula is C15H19N3O2. The third-order valence-corrected chi connectivity index (χ3v) is 3.39. The van der Waals surface area contributed by atoms with Gasteiger partial charge in [-0.15, -0.1) is 0 Å². The Morgan fingerprint density at radius 1 is 1.10 bits per heavy atom. The van der Waals surface area contributed by atoms with Crippen molar-refractivity contribution >= 4 is 5.69 Å². The summed E-state index contributed by atoms with van der Waals surface area (Å²) in [6.45, 7) is 2.49. The molecule has 0 amide bonds. The highest BCUT2D eigenvalue weighted by molar-refractivity contribution is 5.51. The van der Waals surface area contributed by atoms with Crippen LogP contribution in [-0.2, 0) is 27.1 Å². The van der Waals surface area contributed by atoms with Crippen molar-refractivity contribution in [1.29, 1.82) is 0 Å². The predicted molar refractivity (Wildman–Crippen MR) is 80.1 cm³/mol. The van der Waals surface area contributed by atoms with E-state index in [2.05, 4.69) is 18.3 Å². The minimum atomic E-state index is -0.312. The number of nitrogens with one attached hydrogen (secondary N) is 1. The molecule has 2 aromatic rings. The zero-order valence-electron chi connectivity index (χ0n) is 12.0. The smallest absolute Gasteiger partial charge is 0.330 e. The van der Waals surface area contributed by atoms with Gasteiger partial charge in [0.05, 0.1) is 5.56 Å². The van der Waals surface area contributed by atoms with Gasteiger partial charge in [0.2, 0.25) is 0 Å². The van der Waals surface area contributed by atoms with Crippen molar-refractivity contribution in [3.8, 4) is 0 Å². The van der Waals surface area contributed by atoms with Crippen LogP contribution in [0.15, 0.2) is 40.1 Å².